The first-order valence-electron chi connectivity index (χ1n) is 9.46. The first kappa shape index (κ1) is 20.9. The summed E-state index contributed by atoms with van der Waals surface area (Å²) in [5.41, 5.74) is 1.51. The molecule has 0 unspecified atom stereocenters. The maximum absolute atomic E-state index is 12.7. The summed E-state index contributed by atoms with van der Waals surface area (Å²) in [7, 11) is -2.04. The van der Waals surface area contributed by atoms with E-state index in [1.165, 1.54) is 7.11 Å². The standard InChI is InChI=1S/C21H24N2O5S/c1-28-21(25)15-9-11-16(12-10-15)23-20(24)14-22-17-5-4-8-19(13-17)29(26,27)18-6-2-3-7-18/h4-5,8-13,18,22H,2-3,6-7,14H2,1H3,(H,23,24). The van der Waals surface area contributed by atoms with E-state index in [-0.39, 0.29) is 22.6 Å². The Morgan fingerprint density at radius 2 is 1.72 bits per heavy atom. The molecule has 1 aliphatic carbocycles. The summed E-state index contributed by atoms with van der Waals surface area (Å²) in [6.07, 6.45) is 3.31. The average molecular weight is 416 g/mol. The molecule has 0 saturated heterocycles. The predicted octanol–water partition coefficient (Wildman–Crippen LogP) is 3.24. The van der Waals surface area contributed by atoms with Crippen molar-refractivity contribution in [3.8, 4) is 0 Å². The summed E-state index contributed by atoms with van der Waals surface area (Å²) in [5.74, 6) is -0.739. The van der Waals surface area contributed by atoms with Gasteiger partial charge in [-0.05, 0) is 55.3 Å². The molecule has 7 nitrogen and oxygen atoms in total. The van der Waals surface area contributed by atoms with Gasteiger partial charge in [0.15, 0.2) is 9.84 Å². The van der Waals surface area contributed by atoms with E-state index in [2.05, 4.69) is 15.4 Å². The van der Waals surface area contributed by atoms with Crippen molar-refractivity contribution >= 4 is 33.1 Å². The van der Waals surface area contributed by atoms with Crippen LogP contribution in [0.2, 0.25) is 0 Å². The van der Waals surface area contributed by atoms with Gasteiger partial charge in [0.2, 0.25) is 5.91 Å². The Morgan fingerprint density at radius 3 is 2.38 bits per heavy atom. The fourth-order valence-corrected chi connectivity index (χ4v) is 5.27. The van der Waals surface area contributed by atoms with Crippen LogP contribution in [0.4, 0.5) is 11.4 Å². The molecule has 3 rings (SSSR count). The van der Waals surface area contributed by atoms with Gasteiger partial charge in [-0.25, -0.2) is 13.2 Å². The molecule has 0 aromatic heterocycles. The van der Waals surface area contributed by atoms with Crippen molar-refractivity contribution < 1.29 is 22.7 Å². The van der Waals surface area contributed by atoms with Gasteiger partial charge in [0, 0.05) is 11.4 Å². The van der Waals surface area contributed by atoms with Crippen molar-refractivity contribution in [1.29, 1.82) is 0 Å². The van der Waals surface area contributed by atoms with Gasteiger partial charge in [-0.3, -0.25) is 4.79 Å². The van der Waals surface area contributed by atoms with Gasteiger partial charge in [-0.1, -0.05) is 18.9 Å². The fraction of sp³-hybridized carbons (Fsp3) is 0.333. The van der Waals surface area contributed by atoms with E-state index >= 15 is 0 Å². The first-order valence-corrected chi connectivity index (χ1v) is 11.0. The number of benzene rings is 2. The van der Waals surface area contributed by atoms with Crippen LogP contribution in [-0.2, 0) is 19.4 Å². The minimum Gasteiger partial charge on any atom is -0.465 e. The lowest BCUT2D eigenvalue weighted by molar-refractivity contribution is -0.114. The van der Waals surface area contributed by atoms with Gasteiger partial charge < -0.3 is 15.4 Å². The second-order valence-corrected chi connectivity index (χ2v) is 9.18. The number of ether oxygens (including phenoxy) is 1. The highest BCUT2D eigenvalue weighted by Crippen LogP contribution is 2.30. The summed E-state index contributed by atoms with van der Waals surface area (Å²) in [5, 5.41) is 5.36. The summed E-state index contributed by atoms with van der Waals surface area (Å²) < 4.78 is 30.1. The van der Waals surface area contributed by atoms with Gasteiger partial charge in [-0.15, -0.1) is 0 Å². The number of hydrogen-bond donors (Lipinski definition) is 2. The highest BCUT2D eigenvalue weighted by molar-refractivity contribution is 7.92. The number of nitrogens with one attached hydrogen (secondary N) is 2. The lowest BCUT2D eigenvalue weighted by atomic mass is 10.2. The maximum atomic E-state index is 12.7. The van der Waals surface area contributed by atoms with Crippen LogP contribution >= 0.6 is 0 Å². The first-order chi connectivity index (χ1) is 13.9. The molecule has 154 valence electrons. The lowest BCUT2D eigenvalue weighted by Crippen LogP contribution is -2.22. The van der Waals surface area contributed by atoms with E-state index in [0.29, 0.717) is 29.8 Å². The quantitative estimate of drug-likeness (QED) is 0.672. The minimum absolute atomic E-state index is 0.0221. The number of carbonyl (C=O) groups is 2. The molecule has 1 amide bonds. The minimum atomic E-state index is -3.34. The molecule has 1 aliphatic rings. The molecule has 2 N–H and O–H groups in total. The molecule has 2 aromatic rings. The van der Waals surface area contributed by atoms with E-state index in [1.807, 2.05) is 0 Å². The van der Waals surface area contributed by atoms with E-state index in [1.54, 1.807) is 48.5 Å². The average Bonchev–Trinajstić information content (AvgIpc) is 3.28. The number of hydrogen-bond acceptors (Lipinski definition) is 6. The van der Waals surface area contributed by atoms with Crippen LogP contribution in [0.3, 0.4) is 0 Å². The number of sulfone groups is 1. The summed E-state index contributed by atoms with van der Waals surface area (Å²) in [6, 6.07) is 12.9. The fourth-order valence-electron chi connectivity index (χ4n) is 3.37. The molecule has 0 heterocycles. The molecule has 8 heteroatoms. The maximum Gasteiger partial charge on any atom is 0.337 e. The number of anilines is 2. The second kappa shape index (κ2) is 9.09. The van der Waals surface area contributed by atoms with Gasteiger partial charge in [0.05, 0.1) is 29.4 Å². The molecule has 2 aromatic carbocycles. The van der Waals surface area contributed by atoms with Gasteiger partial charge in [0.25, 0.3) is 0 Å². The zero-order valence-electron chi connectivity index (χ0n) is 16.2. The zero-order chi connectivity index (χ0) is 20.9. The van der Waals surface area contributed by atoms with Gasteiger partial charge in [0.1, 0.15) is 0 Å². The second-order valence-electron chi connectivity index (χ2n) is 6.95. The number of amides is 1. The zero-order valence-corrected chi connectivity index (χ0v) is 17.0. The Bertz CT molecular complexity index is 980. The number of esters is 1. The van der Waals surface area contributed by atoms with Crippen molar-refractivity contribution in [2.45, 2.75) is 35.8 Å². The van der Waals surface area contributed by atoms with Crippen molar-refractivity contribution in [3.63, 3.8) is 0 Å². The van der Waals surface area contributed by atoms with Crippen molar-refractivity contribution in [1.82, 2.24) is 0 Å². The third-order valence-corrected chi connectivity index (χ3v) is 7.21. The Balaban J connectivity index is 1.58. The van der Waals surface area contributed by atoms with Crippen LogP contribution in [-0.4, -0.2) is 39.2 Å². The molecular formula is C21H24N2O5S. The number of carbonyl (C=O) groups excluding carboxylic acids is 2. The van der Waals surface area contributed by atoms with Crippen LogP contribution in [0.1, 0.15) is 36.0 Å². The van der Waals surface area contributed by atoms with Crippen molar-refractivity contribution in [3.05, 3.63) is 54.1 Å². The molecule has 1 saturated carbocycles. The van der Waals surface area contributed by atoms with Crippen LogP contribution in [0.15, 0.2) is 53.4 Å². The predicted molar refractivity (Wildman–Crippen MR) is 111 cm³/mol. The third-order valence-electron chi connectivity index (χ3n) is 4.95. The number of rotatable bonds is 7. The molecule has 29 heavy (non-hydrogen) atoms. The van der Waals surface area contributed by atoms with E-state index < -0.39 is 15.8 Å². The molecule has 0 bridgehead atoms. The smallest absolute Gasteiger partial charge is 0.337 e. The van der Waals surface area contributed by atoms with Crippen molar-refractivity contribution in [2.75, 3.05) is 24.3 Å². The highest BCUT2D eigenvalue weighted by Gasteiger charge is 2.30. The normalized spacial score (nSPS) is 14.4. The SMILES string of the molecule is COC(=O)c1ccc(NC(=O)CNc2cccc(S(=O)(=O)C3CCCC3)c2)cc1. The molecule has 0 spiro atoms. The number of methoxy groups -OCH3 is 1. The van der Waals surface area contributed by atoms with Crippen molar-refractivity contribution in [2.24, 2.45) is 0 Å². The Hall–Kier alpha value is -2.87. The summed E-state index contributed by atoms with van der Waals surface area (Å²) in [6.45, 7) is -0.0221. The highest BCUT2D eigenvalue weighted by atomic mass is 32.2. The molecule has 0 aliphatic heterocycles. The van der Waals surface area contributed by atoms with E-state index in [0.717, 1.165) is 12.8 Å². The van der Waals surface area contributed by atoms with Gasteiger partial charge in [-0.2, -0.15) is 0 Å². The monoisotopic (exact) mass is 416 g/mol. The Labute approximate surface area is 170 Å². The molecule has 1 fully saturated rings. The Kier molecular flexibility index (Phi) is 6.53. The lowest BCUT2D eigenvalue weighted by Gasteiger charge is -2.13. The van der Waals surface area contributed by atoms with Crippen LogP contribution < -0.4 is 10.6 Å². The van der Waals surface area contributed by atoms with E-state index in [4.69, 9.17) is 0 Å². The third kappa shape index (κ3) is 5.14. The molecule has 0 atom stereocenters. The van der Waals surface area contributed by atoms with E-state index in [9.17, 15) is 18.0 Å². The van der Waals surface area contributed by atoms with Crippen LogP contribution in [0.25, 0.3) is 0 Å². The molecule has 0 radical (unpaired) electrons. The summed E-state index contributed by atoms with van der Waals surface area (Å²) >= 11 is 0. The van der Waals surface area contributed by atoms with Gasteiger partial charge >= 0.3 is 5.97 Å². The van der Waals surface area contributed by atoms with Crippen LogP contribution in [0.5, 0.6) is 0 Å². The summed E-state index contributed by atoms with van der Waals surface area (Å²) in [4.78, 5) is 23.9. The largest absolute Gasteiger partial charge is 0.465 e. The Morgan fingerprint density at radius 1 is 1.03 bits per heavy atom. The topological polar surface area (TPSA) is 102 Å². The van der Waals surface area contributed by atoms with Crippen LogP contribution in [0, 0.1) is 0 Å². The molecular weight excluding hydrogens is 392 g/mol.